The van der Waals surface area contributed by atoms with Crippen molar-refractivity contribution in [3.63, 3.8) is 0 Å². The van der Waals surface area contributed by atoms with E-state index in [9.17, 15) is 4.79 Å². The number of hydrogen-bond acceptors (Lipinski definition) is 2. The van der Waals surface area contributed by atoms with Crippen LogP contribution < -0.4 is 5.43 Å². The highest BCUT2D eigenvalue weighted by Crippen LogP contribution is 2.03. The Hall–Kier alpha value is -1.64. The van der Waals surface area contributed by atoms with E-state index in [1.165, 1.54) is 0 Å². The topological polar surface area (TPSA) is 41.5 Å². The molecule has 0 atom stereocenters. The standard InChI is InChI=1S/C13H18N2O/c1-4-6-11(3)14-15-13(16)12-8-5-7-10(2)9-12/h5,7-9H,4,6H2,1-3H3,(H,15,16)/b14-11+. The first-order valence-electron chi connectivity index (χ1n) is 5.53. The summed E-state index contributed by atoms with van der Waals surface area (Å²) in [6.07, 6.45) is 1.95. The second-order valence-corrected chi connectivity index (χ2v) is 3.91. The first kappa shape index (κ1) is 12.4. The third kappa shape index (κ3) is 3.85. The van der Waals surface area contributed by atoms with Crippen LogP contribution >= 0.6 is 0 Å². The van der Waals surface area contributed by atoms with Gasteiger partial charge in [0, 0.05) is 11.3 Å². The Morgan fingerprint density at radius 1 is 1.44 bits per heavy atom. The van der Waals surface area contributed by atoms with Gasteiger partial charge in [0.05, 0.1) is 0 Å². The Bertz CT molecular complexity index is 397. The molecule has 3 heteroatoms. The van der Waals surface area contributed by atoms with Crippen molar-refractivity contribution in [1.82, 2.24) is 5.43 Å². The Balaban J connectivity index is 2.63. The lowest BCUT2D eigenvalue weighted by atomic mass is 10.1. The van der Waals surface area contributed by atoms with Gasteiger partial charge >= 0.3 is 0 Å². The third-order valence-electron chi connectivity index (χ3n) is 2.24. The third-order valence-corrected chi connectivity index (χ3v) is 2.24. The largest absolute Gasteiger partial charge is 0.271 e. The van der Waals surface area contributed by atoms with E-state index in [1.807, 2.05) is 32.0 Å². The zero-order valence-corrected chi connectivity index (χ0v) is 10.1. The lowest BCUT2D eigenvalue weighted by Gasteiger charge is -2.02. The van der Waals surface area contributed by atoms with Crippen LogP contribution in [0.1, 0.15) is 42.6 Å². The molecule has 1 aromatic carbocycles. The predicted molar refractivity (Wildman–Crippen MR) is 66.7 cm³/mol. The van der Waals surface area contributed by atoms with Crippen molar-refractivity contribution in [2.45, 2.75) is 33.6 Å². The monoisotopic (exact) mass is 218 g/mol. The van der Waals surface area contributed by atoms with Gasteiger partial charge in [0.15, 0.2) is 0 Å². The molecule has 1 amide bonds. The van der Waals surface area contributed by atoms with Gasteiger partial charge in [-0.1, -0.05) is 31.0 Å². The predicted octanol–water partition coefficient (Wildman–Crippen LogP) is 2.90. The number of hydrogen-bond donors (Lipinski definition) is 1. The van der Waals surface area contributed by atoms with E-state index >= 15 is 0 Å². The van der Waals surface area contributed by atoms with Crippen LogP contribution in [0.2, 0.25) is 0 Å². The van der Waals surface area contributed by atoms with Crippen LogP contribution in [0, 0.1) is 6.92 Å². The number of nitrogens with one attached hydrogen (secondary N) is 1. The van der Waals surface area contributed by atoms with Crippen LogP contribution in [-0.4, -0.2) is 11.6 Å². The van der Waals surface area contributed by atoms with Crippen molar-refractivity contribution in [3.05, 3.63) is 35.4 Å². The van der Waals surface area contributed by atoms with Crippen molar-refractivity contribution >= 4 is 11.6 Å². The minimum Gasteiger partial charge on any atom is -0.267 e. The van der Waals surface area contributed by atoms with Crippen molar-refractivity contribution < 1.29 is 4.79 Å². The molecule has 3 nitrogen and oxygen atoms in total. The normalized spacial score (nSPS) is 11.3. The maximum atomic E-state index is 11.7. The van der Waals surface area contributed by atoms with Crippen LogP contribution in [-0.2, 0) is 0 Å². The fraction of sp³-hybridized carbons (Fsp3) is 0.385. The molecular formula is C13H18N2O. The molecule has 0 aliphatic heterocycles. The summed E-state index contributed by atoms with van der Waals surface area (Å²) in [5.41, 5.74) is 5.23. The highest BCUT2D eigenvalue weighted by molar-refractivity contribution is 5.95. The second kappa shape index (κ2) is 6.05. The number of carbonyl (C=O) groups excluding carboxylic acids is 1. The summed E-state index contributed by atoms with van der Waals surface area (Å²) >= 11 is 0. The Morgan fingerprint density at radius 3 is 2.81 bits per heavy atom. The highest BCUT2D eigenvalue weighted by atomic mass is 16.2. The smallest absolute Gasteiger partial charge is 0.267 e. The fourth-order valence-corrected chi connectivity index (χ4v) is 1.41. The van der Waals surface area contributed by atoms with E-state index in [0.717, 1.165) is 24.1 Å². The lowest BCUT2D eigenvalue weighted by molar-refractivity contribution is 0.0954. The van der Waals surface area contributed by atoms with E-state index in [-0.39, 0.29) is 5.91 Å². The summed E-state index contributed by atoms with van der Waals surface area (Å²) in [6, 6.07) is 7.46. The summed E-state index contributed by atoms with van der Waals surface area (Å²) in [7, 11) is 0. The zero-order chi connectivity index (χ0) is 12.0. The van der Waals surface area contributed by atoms with Gasteiger partial charge in [-0.15, -0.1) is 0 Å². The van der Waals surface area contributed by atoms with Gasteiger partial charge in [0.25, 0.3) is 5.91 Å². The molecular weight excluding hydrogens is 200 g/mol. The molecule has 0 spiro atoms. The molecule has 0 aromatic heterocycles. The summed E-state index contributed by atoms with van der Waals surface area (Å²) in [6.45, 7) is 5.96. The molecule has 1 aromatic rings. The number of aryl methyl sites for hydroxylation is 1. The highest BCUT2D eigenvalue weighted by Gasteiger charge is 2.03. The molecule has 86 valence electrons. The SMILES string of the molecule is CCC/C(C)=N/NC(=O)c1cccc(C)c1. The first-order chi connectivity index (χ1) is 7.63. The maximum Gasteiger partial charge on any atom is 0.271 e. The molecule has 0 bridgehead atoms. The van der Waals surface area contributed by atoms with Crippen LogP contribution in [0.4, 0.5) is 0 Å². The summed E-state index contributed by atoms with van der Waals surface area (Å²) in [4.78, 5) is 11.7. The second-order valence-electron chi connectivity index (χ2n) is 3.91. The van der Waals surface area contributed by atoms with Crippen molar-refractivity contribution in [2.24, 2.45) is 5.10 Å². The minimum atomic E-state index is -0.154. The van der Waals surface area contributed by atoms with Crippen LogP contribution in [0.25, 0.3) is 0 Å². The molecule has 16 heavy (non-hydrogen) atoms. The quantitative estimate of drug-likeness (QED) is 0.612. The number of amides is 1. The molecule has 0 aliphatic carbocycles. The van der Waals surface area contributed by atoms with E-state index in [2.05, 4.69) is 17.5 Å². The van der Waals surface area contributed by atoms with Gasteiger partial charge in [-0.2, -0.15) is 5.10 Å². The van der Waals surface area contributed by atoms with Gasteiger partial charge in [0.1, 0.15) is 0 Å². The summed E-state index contributed by atoms with van der Waals surface area (Å²) < 4.78 is 0. The summed E-state index contributed by atoms with van der Waals surface area (Å²) in [5.74, 6) is -0.154. The molecule has 0 saturated carbocycles. The Kier molecular flexibility index (Phi) is 4.70. The Labute approximate surface area is 96.6 Å². The molecule has 0 heterocycles. The molecule has 1 N–H and O–H groups in total. The molecule has 0 radical (unpaired) electrons. The number of carbonyl (C=O) groups is 1. The minimum absolute atomic E-state index is 0.154. The zero-order valence-electron chi connectivity index (χ0n) is 10.1. The van der Waals surface area contributed by atoms with Crippen molar-refractivity contribution in [3.8, 4) is 0 Å². The number of benzene rings is 1. The average Bonchev–Trinajstić information content (AvgIpc) is 2.26. The fourth-order valence-electron chi connectivity index (χ4n) is 1.41. The first-order valence-corrected chi connectivity index (χ1v) is 5.53. The van der Waals surface area contributed by atoms with E-state index < -0.39 is 0 Å². The molecule has 0 unspecified atom stereocenters. The number of rotatable bonds is 4. The Morgan fingerprint density at radius 2 is 2.19 bits per heavy atom. The van der Waals surface area contributed by atoms with Gasteiger partial charge < -0.3 is 0 Å². The van der Waals surface area contributed by atoms with Gasteiger partial charge in [-0.3, -0.25) is 4.79 Å². The molecule has 1 rings (SSSR count). The molecule has 0 saturated heterocycles. The number of hydrazone groups is 1. The van der Waals surface area contributed by atoms with Crippen LogP contribution in [0.5, 0.6) is 0 Å². The lowest BCUT2D eigenvalue weighted by Crippen LogP contribution is -2.19. The van der Waals surface area contributed by atoms with Crippen LogP contribution in [0.3, 0.4) is 0 Å². The van der Waals surface area contributed by atoms with E-state index in [0.29, 0.717) is 5.56 Å². The molecule has 0 fully saturated rings. The number of nitrogens with zero attached hydrogens (tertiary/aromatic N) is 1. The summed E-state index contributed by atoms with van der Waals surface area (Å²) in [5, 5.41) is 4.04. The van der Waals surface area contributed by atoms with E-state index in [4.69, 9.17) is 0 Å². The van der Waals surface area contributed by atoms with Crippen molar-refractivity contribution in [1.29, 1.82) is 0 Å². The van der Waals surface area contributed by atoms with Gasteiger partial charge in [-0.05, 0) is 32.4 Å². The van der Waals surface area contributed by atoms with E-state index in [1.54, 1.807) is 6.07 Å². The van der Waals surface area contributed by atoms with Crippen LogP contribution in [0.15, 0.2) is 29.4 Å². The van der Waals surface area contributed by atoms with Crippen molar-refractivity contribution in [2.75, 3.05) is 0 Å². The molecule has 0 aliphatic rings. The van der Waals surface area contributed by atoms with Gasteiger partial charge in [-0.25, -0.2) is 5.43 Å². The average molecular weight is 218 g/mol. The van der Waals surface area contributed by atoms with Gasteiger partial charge in [0.2, 0.25) is 0 Å². The maximum absolute atomic E-state index is 11.7.